The summed E-state index contributed by atoms with van der Waals surface area (Å²) in [4.78, 5) is 4.18. The molecule has 0 aromatic heterocycles. The molecule has 1 aliphatic carbocycles. The molecule has 4 N–H and O–H groups in total. The molecule has 0 aliphatic heterocycles. The van der Waals surface area contributed by atoms with E-state index in [0.717, 1.165) is 18.5 Å². The molecule has 1 aromatic rings. The molecule has 1 aliphatic rings. The van der Waals surface area contributed by atoms with Crippen LogP contribution in [-0.2, 0) is 12.8 Å². The maximum absolute atomic E-state index is 8.70. The smallest absolute Gasteiger partial charge is 0.193 e. The van der Waals surface area contributed by atoms with Crippen molar-refractivity contribution in [3.63, 3.8) is 0 Å². The fourth-order valence-corrected chi connectivity index (χ4v) is 2.35. The Bertz CT molecular complexity index is 435. The van der Waals surface area contributed by atoms with Crippen molar-refractivity contribution >= 4 is 35.6 Å². The van der Waals surface area contributed by atoms with E-state index in [-0.39, 0.29) is 30.6 Å². The van der Waals surface area contributed by atoms with Gasteiger partial charge in [0, 0.05) is 18.8 Å². The number of nitrogens with zero attached hydrogens (tertiary/aromatic N) is 1. The van der Waals surface area contributed by atoms with Crippen molar-refractivity contribution in [1.82, 2.24) is 0 Å². The minimum atomic E-state index is 0. The van der Waals surface area contributed by atoms with Gasteiger partial charge in [-0.1, -0.05) is 12.1 Å². The molecule has 4 nitrogen and oxygen atoms in total. The first-order valence-corrected chi connectivity index (χ1v) is 6.60. The summed E-state index contributed by atoms with van der Waals surface area (Å²) < 4.78 is 0. The van der Waals surface area contributed by atoms with Crippen molar-refractivity contribution in [3.8, 4) is 0 Å². The quantitative estimate of drug-likeness (QED) is 0.327. The lowest BCUT2D eigenvalue weighted by atomic mass is 9.90. The van der Waals surface area contributed by atoms with Crippen LogP contribution >= 0.6 is 24.0 Å². The zero-order chi connectivity index (χ0) is 12.8. The molecular weight excluding hydrogens is 353 g/mol. The summed E-state index contributed by atoms with van der Waals surface area (Å²) in [7, 11) is 0. The van der Waals surface area contributed by atoms with Crippen molar-refractivity contribution in [1.29, 1.82) is 0 Å². The number of anilines is 1. The standard InChI is InChI=1S/C14H21N3O.HI/c15-14(16-9-4-10-18)17-13-8-3-6-11-5-1-2-7-12(11)13;/h3,6,8,18H,1-2,4-5,7,9-10H2,(H3,15,16,17);1H. The second kappa shape index (κ2) is 8.37. The molecule has 5 heteroatoms. The summed E-state index contributed by atoms with van der Waals surface area (Å²) in [5, 5.41) is 11.9. The van der Waals surface area contributed by atoms with Gasteiger partial charge in [-0.15, -0.1) is 24.0 Å². The molecule has 0 bridgehead atoms. The van der Waals surface area contributed by atoms with E-state index in [1.54, 1.807) is 0 Å². The number of guanidine groups is 1. The van der Waals surface area contributed by atoms with Crippen molar-refractivity contribution < 1.29 is 5.11 Å². The largest absolute Gasteiger partial charge is 0.396 e. The van der Waals surface area contributed by atoms with Gasteiger partial charge in [0.25, 0.3) is 0 Å². The number of aliphatic hydroxyl groups is 1. The molecule has 0 spiro atoms. The van der Waals surface area contributed by atoms with Crippen molar-refractivity contribution in [3.05, 3.63) is 29.3 Å². The number of hydrogen-bond acceptors (Lipinski definition) is 2. The van der Waals surface area contributed by atoms with Gasteiger partial charge in [0.15, 0.2) is 5.96 Å². The number of hydrogen-bond donors (Lipinski definition) is 3. The normalized spacial score (nSPS) is 14.5. The minimum Gasteiger partial charge on any atom is -0.396 e. The van der Waals surface area contributed by atoms with E-state index in [4.69, 9.17) is 10.8 Å². The van der Waals surface area contributed by atoms with Gasteiger partial charge in [0.1, 0.15) is 0 Å². The Balaban J connectivity index is 0.00000180. The van der Waals surface area contributed by atoms with Crippen LogP contribution in [-0.4, -0.2) is 24.2 Å². The Morgan fingerprint density at radius 2 is 2.11 bits per heavy atom. The molecule has 0 saturated carbocycles. The lowest BCUT2D eigenvalue weighted by Gasteiger charge is -2.19. The van der Waals surface area contributed by atoms with Crippen molar-refractivity contribution in [2.24, 2.45) is 10.7 Å². The van der Waals surface area contributed by atoms with Crippen LogP contribution < -0.4 is 11.1 Å². The monoisotopic (exact) mass is 375 g/mol. The number of rotatable bonds is 4. The molecule has 0 amide bonds. The molecule has 0 unspecified atom stereocenters. The first-order valence-electron chi connectivity index (χ1n) is 6.60. The van der Waals surface area contributed by atoms with Gasteiger partial charge in [-0.3, -0.25) is 4.99 Å². The lowest BCUT2D eigenvalue weighted by molar-refractivity contribution is 0.291. The number of benzene rings is 1. The minimum absolute atomic E-state index is 0. The number of halogens is 1. The summed E-state index contributed by atoms with van der Waals surface area (Å²) in [6, 6.07) is 6.31. The van der Waals surface area contributed by atoms with Crippen LogP contribution in [0.2, 0.25) is 0 Å². The Morgan fingerprint density at radius 1 is 1.32 bits per heavy atom. The molecular formula is C14H22IN3O. The van der Waals surface area contributed by atoms with Crippen LogP contribution in [0.4, 0.5) is 5.69 Å². The summed E-state index contributed by atoms with van der Waals surface area (Å²) in [5.41, 5.74) is 9.72. The Hall–Kier alpha value is -0.820. The maximum atomic E-state index is 8.70. The Labute approximate surface area is 131 Å². The van der Waals surface area contributed by atoms with E-state index >= 15 is 0 Å². The van der Waals surface area contributed by atoms with Gasteiger partial charge in [-0.2, -0.15) is 0 Å². The summed E-state index contributed by atoms with van der Waals surface area (Å²) >= 11 is 0. The molecule has 106 valence electrons. The second-order valence-corrected chi connectivity index (χ2v) is 4.62. The summed E-state index contributed by atoms with van der Waals surface area (Å²) in [6.07, 6.45) is 5.44. The van der Waals surface area contributed by atoms with Crippen LogP contribution in [0.15, 0.2) is 23.2 Å². The maximum Gasteiger partial charge on any atom is 0.193 e. The van der Waals surface area contributed by atoms with E-state index in [2.05, 4.69) is 28.5 Å². The van der Waals surface area contributed by atoms with E-state index in [1.807, 2.05) is 0 Å². The molecule has 1 aromatic carbocycles. The number of aliphatic hydroxyl groups excluding tert-OH is 1. The zero-order valence-electron chi connectivity index (χ0n) is 11.1. The Kier molecular flexibility index (Phi) is 7.15. The highest BCUT2D eigenvalue weighted by atomic mass is 127. The second-order valence-electron chi connectivity index (χ2n) is 4.62. The van der Waals surface area contributed by atoms with Crippen LogP contribution in [0.3, 0.4) is 0 Å². The third kappa shape index (κ3) is 4.65. The highest BCUT2D eigenvalue weighted by Gasteiger charge is 2.12. The summed E-state index contributed by atoms with van der Waals surface area (Å²) in [6.45, 7) is 0.710. The van der Waals surface area contributed by atoms with E-state index in [0.29, 0.717) is 18.9 Å². The van der Waals surface area contributed by atoms with E-state index in [9.17, 15) is 0 Å². The zero-order valence-corrected chi connectivity index (χ0v) is 13.4. The lowest BCUT2D eigenvalue weighted by Crippen LogP contribution is -2.24. The highest BCUT2D eigenvalue weighted by Crippen LogP contribution is 2.27. The van der Waals surface area contributed by atoms with E-state index in [1.165, 1.54) is 24.0 Å². The van der Waals surface area contributed by atoms with Crippen molar-refractivity contribution in [2.75, 3.05) is 18.5 Å². The molecule has 2 rings (SSSR count). The van der Waals surface area contributed by atoms with Gasteiger partial charge >= 0.3 is 0 Å². The first-order chi connectivity index (χ1) is 8.81. The van der Waals surface area contributed by atoms with E-state index < -0.39 is 0 Å². The fraction of sp³-hybridized carbons (Fsp3) is 0.500. The third-order valence-corrected chi connectivity index (χ3v) is 3.26. The van der Waals surface area contributed by atoms with Crippen LogP contribution in [0.25, 0.3) is 0 Å². The molecule has 0 saturated heterocycles. The molecule has 0 fully saturated rings. The molecule has 19 heavy (non-hydrogen) atoms. The predicted molar refractivity (Wildman–Crippen MR) is 90.3 cm³/mol. The molecule has 0 heterocycles. The summed E-state index contributed by atoms with van der Waals surface area (Å²) in [5.74, 6) is 0.433. The van der Waals surface area contributed by atoms with Gasteiger partial charge in [0.2, 0.25) is 0 Å². The predicted octanol–water partition coefficient (Wildman–Crippen LogP) is 2.29. The van der Waals surface area contributed by atoms with Gasteiger partial charge in [-0.05, 0) is 49.3 Å². The Morgan fingerprint density at radius 3 is 2.89 bits per heavy atom. The number of nitrogens with one attached hydrogen (secondary N) is 1. The molecule has 0 radical (unpaired) electrons. The number of aliphatic imine (C=N–C) groups is 1. The number of nitrogens with two attached hydrogens (primary N) is 1. The first kappa shape index (κ1) is 16.2. The topological polar surface area (TPSA) is 70.6 Å². The van der Waals surface area contributed by atoms with Crippen LogP contribution in [0.5, 0.6) is 0 Å². The number of aryl methyl sites for hydroxylation is 1. The fourth-order valence-electron chi connectivity index (χ4n) is 2.35. The third-order valence-electron chi connectivity index (χ3n) is 3.26. The number of fused-ring (bicyclic) bond motifs is 1. The highest BCUT2D eigenvalue weighted by molar-refractivity contribution is 14.0. The average molecular weight is 375 g/mol. The van der Waals surface area contributed by atoms with Crippen LogP contribution in [0, 0.1) is 0 Å². The van der Waals surface area contributed by atoms with Gasteiger partial charge < -0.3 is 16.2 Å². The van der Waals surface area contributed by atoms with Crippen LogP contribution in [0.1, 0.15) is 30.4 Å². The SMILES string of the molecule is I.NC(=NCCCO)Nc1cccc2c1CCCC2. The van der Waals surface area contributed by atoms with Crippen molar-refractivity contribution in [2.45, 2.75) is 32.1 Å². The molecule has 0 atom stereocenters. The van der Waals surface area contributed by atoms with Gasteiger partial charge in [0.05, 0.1) is 0 Å². The average Bonchev–Trinajstić information content (AvgIpc) is 2.39. The van der Waals surface area contributed by atoms with Gasteiger partial charge in [-0.25, -0.2) is 0 Å².